The fourth-order valence-electron chi connectivity index (χ4n) is 2.08. The van der Waals surface area contributed by atoms with Gasteiger partial charge in [-0.15, -0.1) is 0 Å². The number of H-pyrrole nitrogens is 1. The van der Waals surface area contributed by atoms with Crippen LogP contribution in [0.3, 0.4) is 0 Å². The molecule has 0 unspecified atom stereocenters. The Hall–Kier alpha value is -1.32. The molecular formula is C14H14Cl2N2O. The van der Waals surface area contributed by atoms with Crippen LogP contribution in [-0.4, -0.2) is 9.97 Å². The van der Waals surface area contributed by atoms with E-state index in [9.17, 15) is 4.79 Å². The molecule has 1 aromatic carbocycles. The number of benzene rings is 1. The zero-order chi connectivity index (χ0) is 14.2. The number of rotatable bonds is 2. The Morgan fingerprint density at radius 2 is 1.95 bits per heavy atom. The van der Waals surface area contributed by atoms with Crippen LogP contribution in [0, 0.1) is 6.92 Å². The number of hydrogen-bond donors (Lipinski definition) is 1. The molecule has 0 atom stereocenters. The molecule has 0 aliphatic carbocycles. The van der Waals surface area contributed by atoms with Crippen LogP contribution in [0.25, 0.3) is 11.4 Å². The zero-order valence-electron chi connectivity index (χ0n) is 10.9. The van der Waals surface area contributed by atoms with Crippen LogP contribution < -0.4 is 5.56 Å². The van der Waals surface area contributed by atoms with Gasteiger partial charge in [-0.3, -0.25) is 4.79 Å². The summed E-state index contributed by atoms with van der Waals surface area (Å²) in [7, 11) is 0. The van der Waals surface area contributed by atoms with E-state index in [1.165, 1.54) is 0 Å². The molecule has 0 saturated heterocycles. The quantitative estimate of drug-likeness (QED) is 0.904. The fourth-order valence-corrected chi connectivity index (χ4v) is 2.46. The van der Waals surface area contributed by atoms with E-state index >= 15 is 0 Å². The van der Waals surface area contributed by atoms with Crippen molar-refractivity contribution in [3.05, 3.63) is 49.9 Å². The lowest BCUT2D eigenvalue weighted by Crippen LogP contribution is -2.18. The minimum atomic E-state index is -0.131. The average molecular weight is 297 g/mol. The molecular weight excluding hydrogens is 283 g/mol. The number of aryl methyl sites for hydroxylation is 1. The third kappa shape index (κ3) is 2.82. The predicted octanol–water partition coefficient (Wildman–Crippen LogP) is 4.18. The van der Waals surface area contributed by atoms with Gasteiger partial charge in [0.05, 0.1) is 5.02 Å². The maximum Gasteiger partial charge on any atom is 0.254 e. The molecule has 5 heteroatoms. The summed E-state index contributed by atoms with van der Waals surface area (Å²) in [5, 5.41) is 1.05. The monoisotopic (exact) mass is 296 g/mol. The highest BCUT2D eigenvalue weighted by molar-refractivity contribution is 6.35. The van der Waals surface area contributed by atoms with Crippen molar-refractivity contribution in [2.45, 2.75) is 26.7 Å². The molecule has 1 N–H and O–H groups in total. The summed E-state index contributed by atoms with van der Waals surface area (Å²) in [6, 6.07) is 5.07. The Kier molecular flexibility index (Phi) is 3.97. The molecule has 0 amide bonds. The molecule has 100 valence electrons. The Balaban J connectivity index is 2.65. The van der Waals surface area contributed by atoms with Crippen molar-refractivity contribution in [3.8, 4) is 11.4 Å². The second-order valence-electron chi connectivity index (χ2n) is 4.69. The Bertz CT molecular complexity index is 678. The standard InChI is InChI=1S/C14H14Cl2N2O/c1-7(2)12-8(3)17-13(18-14(12)19)10-6-9(15)4-5-11(10)16/h4-7H,1-3H3,(H,17,18,19). The van der Waals surface area contributed by atoms with Crippen LogP contribution in [0.15, 0.2) is 23.0 Å². The van der Waals surface area contributed by atoms with Gasteiger partial charge < -0.3 is 4.98 Å². The number of aromatic nitrogens is 2. The van der Waals surface area contributed by atoms with Crippen molar-refractivity contribution >= 4 is 23.2 Å². The highest BCUT2D eigenvalue weighted by Gasteiger charge is 2.14. The molecule has 0 bridgehead atoms. The van der Waals surface area contributed by atoms with Crippen molar-refractivity contribution in [1.82, 2.24) is 9.97 Å². The van der Waals surface area contributed by atoms with E-state index < -0.39 is 0 Å². The number of hydrogen-bond acceptors (Lipinski definition) is 2. The lowest BCUT2D eigenvalue weighted by molar-refractivity contribution is 0.815. The number of aromatic amines is 1. The van der Waals surface area contributed by atoms with E-state index in [1.54, 1.807) is 18.2 Å². The van der Waals surface area contributed by atoms with Gasteiger partial charge in [0, 0.05) is 21.8 Å². The third-order valence-corrected chi connectivity index (χ3v) is 3.47. The maximum atomic E-state index is 12.1. The Morgan fingerprint density at radius 1 is 1.26 bits per heavy atom. The molecule has 0 radical (unpaired) electrons. The minimum Gasteiger partial charge on any atom is -0.306 e. The SMILES string of the molecule is Cc1nc(-c2cc(Cl)ccc2Cl)[nH]c(=O)c1C(C)C. The number of nitrogens with one attached hydrogen (secondary N) is 1. The van der Waals surface area contributed by atoms with Crippen LogP contribution >= 0.6 is 23.2 Å². The molecule has 3 nitrogen and oxygen atoms in total. The van der Waals surface area contributed by atoms with Crippen molar-refractivity contribution < 1.29 is 0 Å². The normalized spacial score (nSPS) is 11.1. The minimum absolute atomic E-state index is 0.125. The molecule has 0 aliphatic heterocycles. The zero-order valence-corrected chi connectivity index (χ0v) is 12.4. The molecule has 1 aromatic heterocycles. The van der Waals surface area contributed by atoms with Crippen molar-refractivity contribution in [3.63, 3.8) is 0 Å². The van der Waals surface area contributed by atoms with Crippen LogP contribution in [-0.2, 0) is 0 Å². The van der Waals surface area contributed by atoms with Gasteiger partial charge in [-0.2, -0.15) is 0 Å². The summed E-state index contributed by atoms with van der Waals surface area (Å²) < 4.78 is 0. The van der Waals surface area contributed by atoms with Gasteiger partial charge in [0.1, 0.15) is 5.82 Å². The van der Waals surface area contributed by atoms with E-state index in [0.29, 0.717) is 32.7 Å². The fraction of sp³-hybridized carbons (Fsp3) is 0.286. The molecule has 2 aromatic rings. The van der Waals surface area contributed by atoms with Gasteiger partial charge in [0.15, 0.2) is 0 Å². The van der Waals surface area contributed by atoms with Crippen molar-refractivity contribution in [2.24, 2.45) is 0 Å². The maximum absolute atomic E-state index is 12.1. The van der Waals surface area contributed by atoms with Gasteiger partial charge in [0.2, 0.25) is 0 Å². The molecule has 19 heavy (non-hydrogen) atoms. The van der Waals surface area contributed by atoms with E-state index in [2.05, 4.69) is 9.97 Å². The summed E-state index contributed by atoms with van der Waals surface area (Å²) >= 11 is 12.1. The highest BCUT2D eigenvalue weighted by Crippen LogP contribution is 2.28. The number of nitrogens with zero attached hydrogens (tertiary/aromatic N) is 1. The van der Waals surface area contributed by atoms with Gasteiger partial charge in [-0.25, -0.2) is 4.98 Å². The predicted molar refractivity (Wildman–Crippen MR) is 79.1 cm³/mol. The first-order valence-corrected chi connectivity index (χ1v) is 6.72. The van der Waals surface area contributed by atoms with E-state index in [-0.39, 0.29) is 11.5 Å². The molecule has 0 fully saturated rings. The number of halogens is 2. The summed E-state index contributed by atoms with van der Waals surface area (Å²) in [6.45, 7) is 5.75. The van der Waals surface area contributed by atoms with Gasteiger partial charge in [0.25, 0.3) is 5.56 Å². The molecule has 2 rings (SSSR count). The smallest absolute Gasteiger partial charge is 0.254 e. The molecule has 1 heterocycles. The summed E-state index contributed by atoms with van der Waals surface area (Å²) in [5.74, 6) is 0.569. The van der Waals surface area contributed by atoms with Crippen LogP contribution in [0.4, 0.5) is 0 Å². The first kappa shape index (κ1) is 14.1. The molecule has 0 saturated carbocycles. The second-order valence-corrected chi connectivity index (χ2v) is 5.54. The van der Waals surface area contributed by atoms with E-state index in [0.717, 1.165) is 0 Å². The van der Waals surface area contributed by atoms with Crippen LogP contribution in [0.1, 0.15) is 31.0 Å². The molecule has 0 aliphatic rings. The van der Waals surface area contributed by atoms with Gasteiger partial charge >= 0.3 is 0 Å². The summed E-state index contributed by atoms with van der Waals surface area (Å²) in [4.78, 5) is 19.3. The van der Waals surface area contributed by atoms with Crippen molar-refractivity contribution in [2.75, 3.05) is 0 Å². The largest absolute Gasteiger partial charge is 0.306 e. The summed E-state index contributed by atoms with van der Waals surface area (Å²) in [6.07, 6.45) is 0. The van der Waals surface area contributed by atoms with E-state index in [4.69, 9.17) is 23.2 Å². The topological polar surface area (TPSA) is 45.8 Å². The third-order valence-electron chi connectivity index (χ3n) is 2.91. The van der Waals surface area contributed by atoms with Gasteiger partial charge in [-0.05, 0) is 31.0 Å². The Morgan fingerprint density at radius 3 is 2.53 bits per heavy atom. The average Bonchev–Trinajstić information content (AvgIpc) is 2.30. The lowest BCUT2D eigenvalue weighted by atomic mass is 10.0. The van der Waals surface area contributed by atoms with Crippen LogP contribution in [0.2, 0.25) is 10.0 Å². The Labute approximate surface area is 121 Å². The van der Waals surface area contributed by atoms with Crippen LogP contribution in [0.5, 0.6) is 0 Å². The first-order valence-electron chi connectivity index (χ1n) is 5.96. The van der Waals surface area contributed by atoms with Crippen molar-refractivity contribution in [1.29, 1.82) is 0 Å². The van der Waals surface area contributed by atoms with E-state index in [1.807, 2.05) is 20.8 Å². The molecule has 0 spiro atoms. The lowest BCUT2D eigenvalue weighted by Gasteiger charge is -2.10. The van der Waals surface area contributed by atoms with Gasteiger partial charge in [-0.1, -0.05) is 37.0 Å². The highest BCUT2D eigenvalue weighted by atomic mass is 35.5. The first-order chi connectivity index (χ1) is 8.90. The second kappa shape index (κ2) is 5.35. The summed E-state index contributed by atoms with van der Waals surface area (Å²) in [5.41, 5.74) is 1.91.